The number of phenolic OH excluding ortho intramolecular Hbond substituents is 1. The van der Waals surface area contributed by atoms with E-state index in [0.29, 0.717) is 12.6 Å². The lowest BCUT2D eigenvalue weighted by Gasteiger charge is -2.11. The number of benzene rings is 1. The van der Waals surface area contributed by atoms with Crippen molar-refractivity contribution in [3.05, 3.63) is 33.9 Å². The van der Waals surface area contributed by atoms with Crippen LogP contribution < -0.4 is 5.32 Å². The molecule has 1 unspecified atom stereocenters. The van der Waals surface area contributed by atoms with Crippen LogP contribution in [0.15, 0.2) is 18.2 Å². The highest BCUT2D eigenvalue weighted by molar-refractivity contribution is 5.47. The van der Waals surface area contributed by atoms with Crippen molar-refractivity contribution in [1.82, 2.24) is 5.32 Å². The Morgan fingerprint density at radius 2 is 2.25 bits per heavy atom. The first-order chi connectivity index (χ1) is 7.54. The average molecular weight is 224 g/mol. The molecule has 0 heterocycles. The maximum Gasteiger partial charge on any atom is 0.310 e. The van der Waals surface area contributed by atoms with E-state index in [2.05, 4.69) is 19.2 Å². The summed E-state index contributed by atoms with van der Waals surface area (Å²) in [5.41, 5.74) is 0.579. The van der Waals surface area contributed by atoms with Crippen molar-refractivity contribution in [2.75, 3.05) is 0 Å². The van der Waals surface area contributed by atoms with Gasteiger partial charge in [-0.3, -0.25) is 10.1 Å². The molecule has 0 bridgehead atoms. The van der Waals surface area contributed by atoms with Gasteiger partial charge >= 0.3 is 5.69 Å². The van der Waals surface area contributed by atoms with Gasteiger partial charge in [0.15, 0.2) is 5.75 Å². The summed E-state index contributed by atoms with van der Waals surface area (Å²) in [5.74, 6) is -0.284. The van der Waals surface area contributed by atoms with Crippen LogP contribution in [-0.2, 0) is 6.54 Å². The fraction of sp³-hybridized carbons (Fsp3) is 0.455. The molecular formula is C11H16N2O3. The fourth-order valence-corrected chi connectivity index (χ4v) is 1.27. The molecule has 88 valence electrons. The molecule has 0 radical (unpaired) electrons. The van der Waals surface area contributed by atoms with Gasteiger partial charge in [-0.15, -0.1) is 0 Å². The molecule has 1 aromatic carbocycles. The van der Waals surface area contributed by atoms with Gasteiger partial charge < -0.3 is 10.4 Å². The van der Waals surface area contributed by atoms with E-state index in [-0.39, 0.29) is 11.4 Å². The van der Waals surface area contributed by atoms with Crippen LogP contribution in [0.2, 0.25) is 0 Å². The van der Waals surface area contributed by atoms with E-state index in [1.807, 2.05) is 0 Å². The first-order valence-electron chi connectivity index (χ1n) is 5.24. The molecule has 0 aliphatic carbocycles. The number of aromatic hydroxyl groups is 1. The Kier molecular flexibility index (Phi) is 4.25. The zero-order valence-corrected chi connectivity index (χ0v) is 9.43. The second kappa shape index (κ2) is 5.46. The lowest BCUT2D eigenvalue weighted by atomic mass is 10.1. The van der Waals surface area contributed by atoms with Crippen molar-refractivity contribution < 1.29 is 10.0 Å². The number of hydrogen-bond acceptors (Lipinski definition) is 4. The Labute approximate surface area is 94.3 Å². The number of nitro groups is 1. The van der Waals surface area contributed by atoms with E-state index in [1.54, 1.807) is 6.07 Å². The summed E-state index contributed by atoms with van der Waals surface area (Å²) in [6.07, 6.45) is 1.01. The third-order valence-corrected chi connectivity index (χ3v) is 2.50. The maximum absolute atomic E-state index is 10.5. The summed E-state index contributed by atoms with van der Waals surface area (Å²) in [6, 6.07) is 4.78. The van der Waals surface area contributed by atoms with Gasteiger partial charge in [-0.25, -0.2) is 0 Å². The Balaban J connectivity index is 2.70. The van der Waals surface area contributed by atoms with Crippen molar-refractivity contribution in [2.24, 2.45) is 0 Å². The highest BCUT2D eigenvalue weighted by Gasteiger charge is 2.12. The van der Waals surface area contributed by atoms with E-state index in [4.69, 9.17) is 0 Å². The number of phenols is 1. The summed E-state index contributed by atoms with van der Waals surface area (Å²) >= 11 is 0. The van der Waals surface area contributed by atoms with E-state index in [9.17, 15) is 15.2 Å². The lowest BCUT2D eigenvalue weighted by Crippen LogP contribution is -2.24. The van der Waals surface area contributed by atoms with Gasteiger partial charge in [-0.05, 0) is 25.0 Å². The van der Waals surface area contributed by atoms with Crippen LogP contribution in [0.5, 0.6) is 5.75 Å². The van der Waals surface area contributed by atoms with Crippen molar-refractivity contribution >= 4 is 5.69 Å². The zero-order chi connectivity index (χ0) is 12.1. The molecule has 0 amide bonds. The van der Waals surface area contributed by atoms with Gasteiger partial charge in [-0.2, -0.15) is 0 Å². The number of hydrogen-bond donors (Lipinski definition) is 2. The Hall–Kier alpha value is -1.62. The maximum atomic E-state index is 10.5. The molecule has 0 spiro atoms. The van der Waals surface area contributed by atoms with Gasteiger partial charge in [0.25, 0.3) is 0 Å². The van der Waals surface area contributed by atoms with E-state index < -0.39 is 4.92 Å². The molecule has 1 atom stereocenters. The topological polar surface area (TPSA) is 75.4 Å². The molecule has 0 fully saturated rings. The Bertz CT molecular complexity index is 379. The molecule has 2 N–H and O–H groups in total. The minimum Gasteiger partial charge on any atom is -0.502 e. The minimum absolute atomic E-state index is 0.257. The van der Waals surface area contributed by atoms with Crippen molar-refractivity contribution in [3.8, 4) is 5.75 Å². The second-order valence-corrected chi connectivity index (χ2v) is 3.77. The van der Waals surface area contributed by atoms with Gasteiger partial charge in [0.05, 0.1) is 4.92 Å². The van der Waals surface area contributed by atoms with Crippen LogP contribution in [0.1, 0.15) is 25.8 Å². The number of nitrogens with one attached hydrogen (secondary N) is 1. The molecule has 0 saturated heterocycles. The standard InChI is InChI=1S/C11H16N2O3/c1-3-8(2)12-7-9-4-5-10(13(15)16)11(14)6-9/h4-6,8,12,14H,3,7H2,1-2H3. The van der Waals surface area contributed by atoms with Crippen LogP contribution in [0.25, 0.3) is 0 Å². The molecule has 16 heavy (non-hydrogen) atoms. The summed E-state index contributed by atoms with van der Waals surface area (Å²) in [7, 11) is 0. The fourth-order valence-electron chi connectivity index (χ4n) is 1.27. The Morgan fingerprint density at radius 1 is 1.56 bits per heavy atom. The Morgan fingerprint density at radius 3 is 2.75 bits per heavy atom. The third kappa shape index (κ3) is 3.20. The normalized spacial score (nSPS) is 12.4. The highest BCUT2D eigenvalue weighted by Crippen LogP contribution is 2.26. The molecule has 5 nitrogen and oxygen atoms in total. The number of nitrogens with zero attached hydrogens (tertiary/aromatic N) is 1. The molecule has 0 aliphatic rings. The number of nitro benzene ring substituents is 1. The quantitative estimate of drug-likeness (QED) is 0.593. The minimum atomic E-state index is -0.596. The van der Waals surface area contributed by atoms with Gasteiger partial charge in [-0.1, -0.05) is 13.0 Å². The molecule has 5 heteroatoms. The van der Waals surface area contributed by atoms with E-state index in [0.717, 1.165) is 12.0 Å². The summed E-state index contributed by atoms with van der Waals surface area (Å²) in [6.45, 7) is 4.73. The van der Waals surface area contributed by atoms with Gasteiger partial charge in [0.2, 0.25) is 0 Å². The lowest BCUT2D eigenvalue weighted by molar-refractivity contribution is -0.385. The molecule has 1 aromatic rings. The predicted octanol–water partition coefficient (Wildman–Crippen LogP) is 2.19. The van der Waals surface area contributed by atoms with Gasteiger partial charge in [0.1, 0.15) is 0 Å². The molecule has 0 aliphatic heterocycles. The van der Waals surface area contributed by atoms with Gasteiger partial charge in [0, 0.05) is 18.7 Å². The SMILES string of the molecule is CCC(C)NCc1ccc([N+](=O)[O-])c(O)c1. The first kappa shape index (κ1) is 12.4. The van der Waals surface area contributed by atoms with Crippen LogP contribution in [0, 0.1) is 10.1 Å². The molecule has 0 saturated carbocycles. The van der Waals surface area contributed by atoms with Crippen molar-refractivity contribution in [1.29, 1.82) is 0 Å². The molecule has 1 rings (SSSR count). The molecule has 0 aromatic heterocycles. The van der Waals surface area contributed by atoms with Crippen LogP contribution in [-0.4, -0.2) is 16.1 Å². The zero-order valence-electron chi connectivity index (χ0n) is 9.43. The largest absolute Gasteiger partial charge is 0.502 e. The van der Waals surface area contributed by atoms with Crippen LogP contribution in [0.4, 0.5) is 5.69 Å². The smallest absolute Gasteiger partial charge is 0.310 e. The third-order valence-electron chi connectivity index (χ3n) is 2.50. The van der Waals surface area contributed by atoms with E-state index >= 15 is 0 Å². The van der Waals surface area contributed by atoms with Crippen LogP contribution >= 0.6 is 0 Å². The van der Waals surface area contributed by atoms with Crippen LogP contribution in [0.3, 0.4) is 0 Å². The molecular weight excluding hydrogens is 208 g/mol. The summed E-state index contributed by atoms with van der Waals surface area (Å²) in [4.78, 5) is 9.88. The highest BCUT2D eigenvalue weighted by atomic mass is 16.6. The van der Waals surface area contributed by atoms with E-state index in [1.165, 1.54) is 12.1 Å². The van der Waals surface area contributed by atoms with Crippen molar-refractivity contribution in [2.45, 2.75) is 32.9 Å². The summed E-state index contributed by atoms with van der Waals surface area (Å²) < 4.78 is 0. The first-order valence-corrected chi connectivity index (χ1v) is 5.24. The average Bonchev–Trinajstić information content (AvgIpc) is 2.25. The number of rotatable bonds is 5. The predicted molar refractivity (Wildman–Crippen MR) is 61.4 cm³/mol. The second-order valence-electron chi connectivity index (χ2n) is 3.77. The summed E-state index contributed by atoms with van der Waals surface area (Å²) in [5, 5.41) is 23.1. The monoisotopic (exact) mass is 224 g/mol. The van der Waals surface area contributed by atoms with Crippen molar-refractivity contribution in [3.63, 3.8) is 0 Å².